The molecule has 0 atom stereocenters. The van der Waals surface area contributed by atoms with E-state index in [-0.39, 0.29) is 42.9 Å². The van der Waals surface area contributed by atoms with Gasteiger partial charge in [-0.15, -0.1) is 0 Å². The van der Waals surface area contributed by atoms with Crippen molar-refractivity contribution in [3.63, 3.8) is 0 Å². The predicted octanol–water partition coefficient (Wildman–Crippen LogP) is 0.213. The Labute approximate surface area is 151 Å². The molecule has 0 spiro atoms. The number of hydrogen-bond acceptors (Lipinski definition) is 4. The summed E-state index contributed by atoms with van der Waals surface area (Å²) in [5.41, 5.74) is 0.942. The lowest BCUT2D eigenvalue weighted by molar-refractivity contribution is -0.140. The van der Waals surface area contributed by atoms with Crippen LogP contribution in [0.4, 0.5) is 10.1 Å². The Morgan fingerprint density at radius 2 is 1.54 bits per heavy atom. The molecule has 1 N–H and O–H groups in total. The van der Waals surface area contributed by atoms with E-state index >= 15 is 0 Å². The molecule has 2 aliphatic heterocycles. The molecule has 0 aromatic heterocycles. The van der Waals surface area contributed by atoms with Gasteiger partial charge < -0.3 is 20.0 Å². The summed E-state index contributed by atoms with van der Waals surface area (Å²) >= 11 is 0. The van der Waals surface area contributed by atoms with Crippen LogP contribution in [0.1, 0.15) is 12.8 Å². The van der Waals surface area contributed by atoms with Crippen LogP contribution >= 0.6 is 0 Å². The second-order valence-corrected chi connectivity index (χ2v) is 6.51. The maximum Gasteiger partial charge on any atom is 0.239 e. The number of amides is 3. The highest BCUT2D eigenvalue weighted by molar-refractivity contribution is 5.88. The van der Waals surface area contributed by atoms with E-state index in [0.717, 1.165) is 5.69 Å². The summed E-state index contributed by atoms with van der Waals surface area (Å²) in [6.07, 6.45) is 0.289. The van der Waals surface area contributed by atoms with Gasteiger partial charge in [0.05, 0.1) is 6.54 Å². The third-order valence-corrected chi connectivity index (χ3v) is 4.77. The Kier molecular flexibility index (Phi) is 5.70. The van der Waals surface area contributed by atoms with Crippen LogP contribution in [-0.4, -0.2) is 73.3 Å². The van der Waals surface area contributed by atoms with Gasteiger partial charge in [0.2, 0.25) is 17.7 Å². The summed E-state index contributed by atoms with van der Waals surface area (Å²) in [6, 6.07) is 6.33. The zero-order valence-electron chi connectivity index (χ0n) is 14.6. The Morgan fingerprint density at radius 3 is 2.15 bits per heavy atom. The molecule has 8 heteroatoms. The van der Waals surface area contributed by atoms with Crippen molar-refractivity contribution in [3.8, 4) is 0 Å². The number of nitrogens with zero attached hydrogens (tertiary/aromatic N) is 3. The largest absolute Gasteiger partial charge is 0.368 e. The van der Waals surface area contributed by atoms with Crippen LogP contribution < -0.4 is 10.2 Å². The normalized spacial score (nSPS) is 17.9. The van der Waals surface area contributed by atoms with Crippen LogP contribution in [-0.2, 0) is 14.4 Å². The minimum absolute atomic E-state index is 0.0430. The third kappa shape index (κ3) is 4.50. The molecule has 0 bridgehead atoms. The lowest BCUT2D eigenvalue weighted by atomic mass is 10.2. The van der Waals surface area contributed by atoms with Gasteiger partial charge in [0.15, 0.2) is 0 Å². The molecule has 2 heterocycles. The molecule has 3 amide bonds. The Balaban J connectivity index is 1.42. The maximum absolute atomic E-state index is 13.0. The first-order valence-electron chi connectivity index (χ1n) is 8.86. The fourth-order valence-electron chi connectivity index (χ4n) is 3.25. The van der Waals surface area contributed by atoms with Crippen LogP contribution in [0.5, 0.6) is 0 Å². The highest BCUT2D eigenvalue weighted by Gasteiger charge is 2.24. The van der Waals surface area contributed by atoms with Crippen molar-refractivity contribution in [2.24, 2.45) is 0 Å². The summed E-state index contributed by atoms with van der Waals surface area (Å²) in [5.74, 6) is -0.622. The van der Waals surface area contributed by atoms with Crippen molar-refractivity contribution in [1.82, 2.24) is 15.1 Å². The van der Waals surface area contributed by atoms with Gasteiger partial charge in [-0.2, -0.15) is 0 Å². The topological polar surface area (TPSA) is 73.0 Å². The van der Waals surface area contributed by atoms with Crippen molar-refractivity contribution in [2.75, 3.05) is 50.7 Å². The van der Waals surface area contributed by atoms with E-state index in [1.807, 2.05) is 0 Å². The van der Waals surface area contributed by atoms with E-state index in [4.69, 9.17) is 0 Å². The van der Waals surface area contributed by atoms with Crippen molar-refractivity contribution in [3.05, 3.63) is 30.1 Å². The molecule has 0 radical (unpaired) electrons. The number of rotatable bonds is 4. The summed E-state index contributed by atoms with van der Waals surface area (Å²) in [7, 11) is 0. The van der Waals surface area contributed by atoms with Crippen LogP contribution in [0.3, 0.4) is 0 Å². The second kappa shape index (κ2) is 8.16. The van der Waals surface area contributed by atoms with Gasteiger partial charge in [-0.05, 0) is 24.3 Å². The standard InChI is InChI=1S/C18H23FN4O3/c19-14-1-3-15(4-2-14)21-9-11-22(12-10-21)17(25)5-6-18(26)23-8-7-20-16(24)13-23/h1-4H,5-13H2,(H,20,24). The Hall–Kier alpha value is -2.64. The maximum atomic E-state index is 13.0. The first-order valence-corrected chi connectivity index (χ1v) is 8.86. The van der Waals surface area contributed by atoms with Crippen LogP contribution in [0, 0.1) is 5.82 Å². The molecule has 0 saturated carbocycles. The minimum Gasteiger partial charge on any atom is -0.368 e. The SMILES string of the molecule is O=C1CN(C(=O)CCC(=O)N2CCN(c3ccc(F)cc3)CC2)CCN1. The second-order valence-electron chi connectivity index (χ2n) is 6.51. The van der Waals surface area contributed by atoms with Crippen LogP contribution in [0.15, 0.2) is 24.3 Å². The molecule has 7 nitrogen and oxygen atoms in total. The van der Waals surface area contributed by atoms with Gasteiger partial charge >= 0.3 is 0 Å². The van der Waals surface area contributed by atoms with E-state index < -0.39 is 0 Å². The third-order valence-electron chi connectivity index (χ3n) is 4.77. The molecule has 2 aliphatic rings. The molecule has 0 aliphatic carbocycles. The van der Waals surface area contributed by atoms with E-state index in [9.17, 15) is 18.8 Å². The lowest BCUT2D eigenvalue weighted by Gasteiger charge is -2.36. The van der Waals surface area contributed by atoms with E-state index in [1.165, 1.54) is 17.0 Å². The monoisotopic (exact) mass is 362 g/mol. The first-order chi connectivity index (χ1) is 12.5. The zero-order chi connectivity index (χ0) is 18.5. The molecule has 0 unspecified atom stereocenters. The average Bonchev–Trinajstić information content (AvgIpc) is 2.66. The zero-order valence-corrected chi connectivity index (χ0v) is 14.6. The summed E-state index contributed by atoms with van der Waals surface area (Å²) in [5, 5.41) is 2.67. The first kappa shape index (κ1) is 18.2. The fraction of sp³-hybridized carbons (Fsp3) is 0.500. The quantitative estimate of drug-likeness (QED) is 0.831. The number of carbonyl (C=O) groups excluding carboxylic acids is 3. The van der Waals surface area contributed by atoms with Gasteiger partial charge in [0.25, 0.3) is 0 Å². The van der Waals surface area contributed by atoms with Crippen molar-refractivity contribution < 1.29 is 18.8 Å². The molecule has 26 heavy (non-hydrogen) atoms. The predicted molar refractivity (Wildman–Crippen MR) is 94.0 cm³/mol. The van der Waals surface area contributed by atoms with Crippen molar-refractivity contribution in [2.45, 2.75) is 12.8 Å². The number of anilines is 1. The van der Waals surface area contributed by atoms with Gasteiger partial charge in [0.1, 0.15) is 5.82 Å². The highest BCUT2D eigenvalue weighted by Crippen LogP contribution is 2.17. The molecule has 1 aromatic carbocycles. The van der Waals surface area contributed by atoms with E-state index in [1.54, 1.807) is 17.0 Å². The van der Waals surface area contributed by atoms with Gasteiger partial charge in [0, 0.05) is 57.8 Å². The summed E-state index contributed by atoms with van der Waals surface area (Å²) < 4.78 is 13.0. The minimum atomic E-state index is -0.265. The van der Waals surface area contributed by atoms with Crippen molar-refractivity contribution >= 4 is 23.4 Å². The lowest BCUT2D eigenvalue weighted by Crippen LogP contribution is -2.50. The van der Waals surface area contributed by atoms with Gasteiger partial charge in [-0.3, -0.25) is 14.4 Å². The molecule has 3 rings (SSSR count). The number of halogens is 1. The number of carbonyl (C=O) groups is 3. The van der Waals surface area contributed by atoms with E-state index in [0.29, 0.717) is 39.3 Å². The fourth-order valence-corrected chi connectivity index (χ4v) is 3.25. The van der Waals surface area contributed by atoms with Gasteiger partial charge in [-0.25, -0.2) is 4.39 Å². The highest BCUT2D eigenvalue weighted by atomic mass is 19.1. The number of benzene rings is 1. The molecular weight excluding hydrogens is 339 g/mol. The Morgan fingerprint density at radius 1 is 0.923 bits per heavy atom. The summed E-state index contributed by atoms with van der Waals surface area (Å²) in [4.78, 5) is 41.2. The van der Waals surface area contributed by atoms with Crippen molar-refractivity contribution in [1.29, 1.82) is 0 Å². The number of hydrogen-bond donors (Lipinski definition) is 1. The molecule has 2 fully saturated rings. The van der Waals surface area contributed by atoms with Gasteiger partial charge in [-0.1, -0.05) is 0 Å². The Bertz CT molecular complexity index is 672. The smallest absolute Gasteiger partial charge is 0.239 e. The number of piperazine rings is 2. The molecular formula is C18H23FN4O3. The van der Waals surface area contributed by atoms with Crippen LogP contribution in [0.25, 0.3) is 0 Å². The number of nitrogens with one attached hydrogen (secondary N) is 1. The van der Waals surface area contributed by atoms with E-state index in [2.05, 4.69) is 10.2 Å². The average molecular weight is 362 g/mol. The molecule has 140 valence electrons. The molecule has 1 aromatic rings. The van der Waals surface area contributed by atoms with Crippen LogP contribution in [0.2, 0.25) is 0 Å². The molecule has 2 saturated heterocycles. The summed E-state index contributed by atoms with van der Waals surface area (Å²) in [6.45, 7) is 3.55.